The minimum Gasteiger partial charge on any atom is -0.450 e. The van der Waals surface area contributed by atoms with Crippen LogP contribution in [0, 0.1) is 12.3 Å². The van der Waals surface area contributed by atoms with Crippen LogP contribution in [0.3, 0.4) is 0 Å². The van der Waals surface area contributed by atoms with Gasteiger partial charge in [-0.15, -0.1) is 6.42 Å². The standard InChI is InChI=1S/C8H9O4/c1-4-5-11-7(10)8(2,3)12-6-9/h1H,5H2,2-3H3. The monoisotopic (exact) mass is 169 g/mol. The maximum absolute atomic E-state index is 11.0. The molecule has 4 nitrogen and oxygen atoms in total. The molecule has 12 heavy (non-hydrogen) atoms. The van der Waals surface area contributed by atoms with Gasteiger partial charge in [-0.1, -0.05) is 5.92 Å². The van der Waals surface area contributed by atoms with Gasteiger partial charge in [-0.2, -0.15) is 0 Å². The summed E-state index contributed by atoms with van der Waals surface area (Å²) in [7, 11) is 0. The van der Waals surface area contributed by atoms with E-state index in [0.29, 0.717) is 0 Å². The summed E-state index contributed by atoms with van der Waals surface area (Å²) in [6, 6.07) is 0. The van der Waals surface area contributed by atoms with Gasteiger partial charge in [-0.05, 0) is 13.8 Å². The minimum atomic E-state index is -1.32. The predicted octanol–water partition coefficient (Wildman–Crippen LogP) is 0.0252. The number of ether oxygens (including phenoxy) is 2. The Morgan fingerprint density at radius 1 is 1.58 bits per heavy atom. The summed E-state index contributed by atoms with van der Waals surface area (Å²) < 4.78 is 8.87. The van der Waals surface area contributed by atoms with Crippen molar-refractivity contribution in [2.75, 3.05) is 6.61 Å². The van der Waals surface area contributed by atoms with Gasteiger partial charge in [0, 0.05) is 0 Å². The van der Waals surface area contributed by atoms with E-state index in [1.165, 1.54) is 13.8 Å². The predicted molar refractivity (Wildman–Crippen MR) is 40.6 cm³/mol. The highest BCUT2D eigenvalue weighted by Gasteiger charge is 2.31. The number of carbonyl (C=O) groups is 1. The summed E-state index contributed by atoms with van der Waals surface area (Å²) in [5.41, 5.74) is -1.32. The molecule has 0 rings (SSSR count). The number of hydrogen-bond acceptors (Lipinski definition) is 4. The molecule has 0 saturated carbocycles. The van der Waals surface area contributed by atoms with E-state index < -0.39 is 11.6 Å². The zero-order valence-corrected chi connectivity index (χ0v) is 6.92. The van der Waals surface area contributed by atoms with E-state index in [0.717, 1.165) is 6.47 Å². The fourth-order valence-corrected chi connectivity index (χ4v) is 0.427. The molecule has 0 aromatic carbocycles. The van der Waals surface area contributed by atoms with Crippen LogP contribution in [0.15, 0.2) is 0 Å². The average molecular weight is 169 g/mol. The van der Waals surface area contributed by atoms with E-state index in [-0.39, 0.29) is 6.61 Å². The topological polar surface area (TPSA) is 52.6 Å². The number of esters is 1. The number of rotatable bonds is 4. The Labute approximate surface area is 70.8 Å². The first kappa shape index (κ1) is 10.5. The van der Waals surface area contributed by atoms with Crippen molar-refractivity contribution in [2.45, 2.75) is 19.4 Å². The Bertz CT molecular complexity index is 212. The van der Waals surface area contributed by atoms with Crippen molar-refractivity contribution in [3.05, 3.63) is 0 Å². The van der Waals surface area contributed by atoms with Crippen LogP contribution in [0.2, 0.25) is 0 Å². The summed E-state index contributed by atoms with van der Waals surface area (Å²) in [6.07, 6.45) is 4.85. The maximum atomic E-state index is 11.0. The van der Waals surface area contributed by atoms with Crippen molar-refractivity contribution < 1.29 is 19.1 Å². The Morgan fingerprint density at radius 2 is 2.17 bits per heavy atom. The SMILES string of the molecule is C#CCOC(=O)C(C)(C)O[C]=O. The van der Waals surface area contributed by atoms with Gasteiger partial charge in [0.1, 0.15) is 0 Å². The zero-order valence-electron chi connectivity index (χ0n) is 6.92. The van der Waals surface area contributed by atoms with Crippen LogP contribution >= 0.6 is 0 Å². The van der Waals surface area contributed by atoms with Crippen molar-refractivity contribution in [2.24, 2.45) is 0 Å². The lowest BCUT2D eigenvalue weighted by atomic mass is 10.1. The molecule has 65 valence electrons. The molecule has 0 amide bonds. The van der Waals surface area contributed by atoms with E-state index in [9.17, 15) is 9.59 Å². The van der Waals surface area contributed by atoms with E-state index in [4.69, 9.17) is 6.42 Å². The van der Waals surface area contributed by atoms with Crippen molar-refractivity contribution in [3.8, 4) is 12.3 Å². The second-order valence-electron chi connectivity index (χ2n) is 2.48. The lowest BCUT2D eigenvalue weighted by molar-refractivity contribution is -0.158. The maximum Gasteiger partial charge on any atom is 0.418 e. The zero-order chi connectivity index (χ0) is 9.61. The molecule has 0 atom stereocenters. The van der Waals surface area contributed by atoms with E-state index in [1.807, 2.05) is 0 Å². The van der Waals surface area contributed by atoms with Crippen molar-refractivity contribution in [1.82, 2.24) is 0 Å². The average Bonchev–Trinajstić information content (AvgIpc) is 2.00. The molecule has 0 aliphatic carbocycles. The molecule has 0 aromatic heterocycles. The Kier molecular flexibility index (Phi) is 3.84. The first-order valence-electron chi connectivity index (χ1n) is 3.20. The van der Waals surface area contributed by atoms with Gasteiger partial charge in [0.15, 0.2) is 6.61 Å². The molecule has 0 N–H and O–H groups in total. The van der Waals surface area contributed by atoms with Crippen LogP contribution in [0.5, 0.6) is 0 Å². The third-order valence-electron chi connectivity index (χ3n) is 1.07. The van der Waals surface area contributed by atoms with Gasteiger partial charge < -0.3 is 9.47 Å². The molecule has 0 fully saturated rings. The summed E-state index contributed by atoms with van der Waals surface area (Å²) >= 11 is 0. The molecule has 0 aromatic rings. The molecule has 0 bridgehead atoms. The van der Waals surface area contributed by atoms with E-state index >= 15 is 0 Å². The first-order valence-corrected chi connectivity index (χ1v) is 3.20. The van der Waals surface area contributed by atoms with E-state index in [1.54, 1.807) is 0 Å². The number of terminal acetylenes is 1. The summed E-state index contributed by atoms with van der Waals surface area (Å²) in [5, 5.41) is 0. The van der Waals surface area contributed by atoms with Crippen molar-refractivity contribution in [3.63, 3.8) is 0 Å². The third kappa shape index (κ3) is 3.06. The highest BCUT2D eigenvalue weighted by atomic mass is 16.6. The van der Waals surface area contributed by atoms with Crippen LogP contribution in [0.4, 0.5) is 0 Å². The van der Waals surface area contributed by atoms with Crippen molar-refractivity contribution in [1.29, 1.82) is 0 Å². The van der Waals surface area contributed by atoms with Crippen LogP contribution < -0.4 is 0 Å². The third-order valence-corrected chi connectivity index (χ3v) is 1.07. The van der Waals surface area contributed by atoms with Crippen LogP contribution in [0.25, 0.3) is 0 Å². The molecule has 0 saturated heterocycles. The Balaban J connectivity index is 4.07. The van der Waals surface area contributed by atoms with Gasteiger partial charge in [-0.25, -0.2) is 9.59 Å². The normalized spacial score (nSPS) is 9.75. The molecular formula is C8H9O4. The molecule has 0 heterocycles. The number of carbonyl (C=O) groups excluding carboxylic acids is 2. The van der Waals surface area contributed by atoms with Gasteiger partial charge in [0.2, 0.25) is 5.60 Å². The lowest BCUT2D eigenvalue weighted by Gasteiger charge is -2.18. The first-order chi connectivity index (χ1) is 5.54. The highest BCUT2D eigenvalue weighted by molar-refractivity contribution is 5.79. The number of hydrogen-bond donors (Lipinski definition) is 0. The smallest absolute Gasteiger partial charge is 0.418 e. The van der Waals surface area contributed by atoms with Crippen LogP contribution in [0.1, 0.15) is 13.8 Å². The minimum absolute atomic E-state index is 0.134. The summed E-state index contributed by atoms with van der Waals surface area (Å²) in [4.78, 5) is 20.8. The quantitative estimate of drug-likeness (QED) is 0.440. The highest BCUT2D eigenvalue weighted by Crippen LogP contribution is 2.09. The molecule has 0 spiro atoms. The molecule has 0 unspecified atom stereocenters. The molecule has 0 aliphatic heterocycles. The Hall–Kier alpha value is -1.50. The van der Waals surface area contributed by atoms with Gasteiger partial charge in [0.05, 0.1) is 0 Å². The largest absolute Gasteiger partial charge is 0.450 e. The van der Waals surface area contributed by atoms with Crippen LogP contribution in [-0.2, 0) is 19.1 Å². The molecule has 0 aliphatic rings. The van der Waals surface area contributed by atoms with Gasteiger partial charge in [0.25, 0.3) is 0 Å². The van der Waals surface area contributed by atoms with E-state index in [2.05, 4.69) is 15.4 Å². The summed E-state index contributed by atoms with van der Waals surface area (Å²) in [5.74, 6) is 1.42. The van der Waals surface area contributed by atoms with Gasteiger partial charge in [-0.3, -0.25) is 0 Å². The molecule has 4 heteroatoms. The van der Waals surface area contributed by atoms with Crippen molar-refractivity contribution >= 4 is 12.4 Å². The lowest BCUT2D eigenvalue weighted by Crippen LogP contribution is -2.36. The molecular weight excluding hydrogens is 160 g/mol. The van der Waals surface area contributed by atoms with Crippen LogP contribution in [-0.4, -0.2) is 24.6 Å². The second-order valence-corrected chi connectivity index (χ2v) is 2.48. The second kappa shape index (κ2) is 4.39. The summed E-state index contributed by atoms with van der Waals surface area (Å²) in [6.45, 7) is 3.80. The molecule has 1 radical (unpaired) electrons. The van der Waals surface area contributed by atoms with Gasteiger partial charge >= 0.3 is 12.4 Å². The fraction of sp³-hybridized carbons (Fsp3) is 0.500. The fourth-order valence-electron chi connectivity index (χ4n) is 0.427. The Morgan fingerprint density at radius 3 is 2.58 bits per heavy atom.